The molecule has 1 unspecified atom stereocenters. The van der Waals surface area contributed by atoms with Crippen molar-refractivity contribution in [2.24, 2.45) is 0 Å². The summed E-state index contributed by atoms with van der Waals surface area (Å²) < 4.78 is 18.6. The summed E-state index contributed by atoms with van der Waals surface area (Å²) in [6, 6.07) is 12.2. The largest absolute Gasteiger partial charge is 0.375 e. The lowest BCUT2D eigenvalue weighted by Crippen LogP contribution is -2.38. The van der Waals surface area contributed by atoms with E-state index in [-0.39, 0.29) is 12.5 Å². The molecule has 0 aromatic heterocycles. The number of halogens is 1. The van der Waals surface area contributed by atoms with Crippen LogP contribution in [0.15, 0.2) is 48.5 Å². The highest BCUT2D eigenvalue weighted by Gasteiger charge is 2.17. The van der Waals surface area contributed by atoms with Crippen molar-refractivity contribution in [3.05, 3.63) is 59.9 Å². The van der Waals surface area contributed by atoms with Gasteiger partial charge in [0, 0.05) is 32.0 Å². The van der Waals surface area contributed by atoms with E-state index in [0.29, 0.717) is 16.9 Å². The number of hydrogen-bond acceptors (Lipinski definition) is 4. The molecule has 2 aromatic rings. The smallest absolute Gasteiger partial charge is 0.313 e. The predicted molar refractivity (Wildman–Crippen MR) is 98.5 cm³/mol. The van der Waals surface area contributed by atoms with E-state index in [1.54, 1.807) is 24.3 Å². The number of methoxy groups -OCH3 is 1. The highest BCUT2D eigenvalue weighted by molar-refractivity contribution is 6.39. The van der Waals surface area contributed by atoms with E-state index in [0.717, 1.165) is 0 Å². The summed E-state index contributed by atoms with van der Waals surface area (Å²) in [6.07, 6.45) is -0.597. The number of ether oxygens (including phenoxy) is 1. The van der Waals surface area contributed by atoms with Crippen molar-refractivity contribution < 1.29 is 23.5 Å². The highest BCUT2D eigenvalue weighted by atomic mass is 19.1. The molecule has 0 heterocycles. The molecule has 2 aromatic carbocycles. The van der Waals surface area contributed by atoms with E-state index >= 15 is 0 Å². The molecule has 0 fully saturated rings. The molecule has 0 aliphatic rings. The van der Waals surface area contributed by atoms with Crippen molar-refractivity contribution in [3.8, 4) is 0 Å². The molecule has 1 atom stereocenters. The number of rotatable bonds is 6. The fourth-order valence-corrected chi connectivity index (χ4v) is 2.38. The minimum Gasteiger partial charge on any atom is -0.375 e. The zero-order chi connectivity index (χ0) is 19.8. The number of carbonyl (C=O) groups is 3. The molecular formula is C19H20FN3O4. The van der Waals surface area contributed by atoms with Crippen LogP contribution in [-0.4, -0.2) is 31.4 Å². The molecule has 0 spiro atoms. The van der Waals surface area contributed by atoms with Gasteiger partial charge in [0.05, 0.1) is 6.10 Å². The summed E-state index contributed by atoms with van der Waals surface area (Å²) in [5.41, 5.74) is 1.39. The van der Waals surface area contributed by atoms with Gasteiger partial charge in [-0.3, -0.25) is 14.4 Å². The van der Waals surface area contributed by atoms with Crippen LogP contribution in [-0.2, 0) is 19.1 Å². The van der Waals surface area contributed by atoms with Gasteiger partial charge in [-0.1, -0.05) is 18.2 Å². The number of hydrogen-bond donors (Lipinski definition) is 3. The Morgan fingerprint density at radius 3 is 2.30 bits per heavy atom. The fourth-order valence-electron chi connectivity index (χ4n) is 2.38. The van der Waals surface area contributed by atoms with E-state index in [2.05, 4.69) is 16.0 Å². The number of nitrogens with one attached hydrogen (secondary N) is 3. The lowest BCUT2D eigenvalue weighted by Gasteiger charge is -2.16. The van der Waals surface area contributed by atoms with Gasteiger partial charge in [-0.15, -0.1) is 0 Å². The van der Waals surface area contributed by atoms with Crippen LogP contribution in [0.2, 0.25) is 0 Å². The van der Waals surface area contributed by atoms with Gasteiger partial charge in [0.15, 0.2) is 0 Å². The van der Waals surface area contributed by atoms with Gasteiger partial charge in [-0.05, 0) is 35.9 Å². The molecule has 2 rings (SSSR count). The standard InChI is InChI=1S/C19H20FN3O4/c1-12(24)22-15-7-4-8-16(10-15)23-19(26)18(25)21-11-17(27-2)13-5-3-6-14(20)9-13/h3-10,17H,11H2,1-2H3,(H,21,25)(H,22,24)(H,23,26). The van der Waals surface area contributed by atoms with E-state index in [9.17, 15) is 18.8 Å². The van der Waals surface area contributed by atoms with Gasteiger partial charge in [0.1, 0.15) is 5.82 Å². The Kier molecular flexibility index (Phi) is 7.01. The number of amides is 3. The molecule has 0 bridgehead atoms. The highest BCUT2D eigenvalue weighted by Crippen LogP contribution is 2.17. The quantitative estimate of drug-likeness (QED) is 0.677. The zero-order valence-electron chi connectivity index (χ0n) is 14.9. The maximum Gasteiger partial charge on any atom is 0.313 e. The molecule has 0 saturated carbocycles. The topological polar surface area (TPSA) is 96.5 Å². The third-order valence-electron chi connectivity index (χ3n) is 3.60. The summed E-state index contributed by atoms with van der Waals surface area (Å²) in [5.74, 6) is -2.40. The summed E-state index contributed by atoms with van der Waals surface area (Å²) in [7, 11) is 1.43. The Morgan fingerprint density at radius 1 is 1.00 bits per heavy atom. The first kappa shape index (κ1) is 20.1. The minimum absolute atomic E-state index is 0.00185. The van der Waals surface area contributed by atoms with Gasteiger partial charge in [-0.2, -0.15) is 0 Å². The molecular weight excluding hydrogens is 353 g/mol. The van der Waals surface area contributed by atoms with Crippen LogP contribution in [0.4, 0.5) is 15.8 Å². The Labute approximate surface area is 155 Å². The summed E-state index contributed by atoms with van der Waals surface area (Å²) in [4.78, 5) is 35.1. The maximum atomic E-state index is 13.3. The van der Waals surface area contributed by atoms with Crippen LogP contribution in [0.3, 0.4) is 0 Å². The van der Waals surface area contributed by atoms with Gasteiger partial charge < -0.3 is 20.7 Å². The van der Waals surface area contributed by atoms with Crippen LogP contribution < -0.4 is 16.0 Å². The average Bonchev–Trinajstić information content (AvgIpc) is 2.62. The van der Waals surface area contributed by atoms with Crippen LogP contribution in [0.5, 0.6) is 0 Å². The van der Waals surface area contributed by atoms with Gasteiger partial charge >= 0.3 is 11.8 Å². The first-order valence-corrected chi connectivity index (χ1v) is 8.14. The van der Waals surface area contributed by atoms with E-state index in [1.165, 1.54) is 38.3 Å². The maximum absolute atomic E-state index is 13.3. The monoisotopic (exact) mass is 373 g/mol. The Balaban J connectivity index is 1.93. The van der Waals surface area contributed by atoms with Gasteiger partial charge in [0.2, 0.25) is 5.91 Å². The number of carbonyl (C=O) groups excluding carboxylic acids is 3. The summed E-state index contributed by atoms with van der Waals surface area (Å²) in [5, 5.41) is 7.47. The van der Waals surface area contributed by atoms with Crippen LogP contribution in [0.25, 0.3) is 0 Å². The number of anilines is 2. The molecule has 27 heavy (non-hydrogen) atoms. The van der Waals surface area contributed by atoms with Crippen molar-refractivity contribution in [1.29, 1.82) is 0 Å². The Hall–Kier alpha value is -3.26. The summed E-state index contributed by atoms with van der Waals surface area (Å²) >= 11 is 0. The molecule has 0 saturated heterocycles. The lowest BCUT2D eigenvalue weighted by molar-refractivity contribution is -0.136. The Bertz CT molecular complexity index is 841. The first-order chi connectivity index (χ1) is 12.9. The predicted octanol–water partition coefficient (Wildman–Crippen LogP) is 2.23. The third kappa shape index (κ3) is 6.19. The molecule has 0 aliphatic heterocycles. The normalized spacial score (nSPS) is 11.4. The molecule has 142 valence electrons. The average molecular weight is 373 g/mol. The molecule has 7 nitrogen and oxygen atoms in total. The molecule has 8 heteroatoms. The molecule has 0 radical (unpaired) electrons. The van der Waals surface area contributed by atoms with Crippen molar-refractivity contribution in [2.45, 2.75) is 13.0 Å². The molecule has 0 aliphatic carbocycles. The van der Waals surface area contributed by atoms with Crippen molar-refractivity contribution in [2.75, 3.05) is 24.3 Å². The first-order valence-electron chi connectivity index (χ1n) is 8.14. The second kappa shape index (κ2) is 9.44. The number of benzene rings is 2. The second-order valence-corrected chi connectivity index (χ2v) is 5.71. The van der Waals surface area contributed by atoms with Crippen LogP contribution in [0.1, 0.15) is 18.6 Å². The summed E-state index contributed by atoms with van der Waals surface area (Å²) in [6.45, 7) is 1.36. The SMILES string of the molecule is COC(CNC(=O)C(=O)Nc1cccc(NC(C)=O)c1)c1cccc(F)c1. The second-order valence-electron chi connectivity index (χ2n) is 5.71. The van der Waals surface area contributed by atoms with Crippen molar-refractivity contribution in [1.82, 2.24) is 5.32 Å². The Morgan fingerprint density at radius 2 is 1.67 bits per heavy atom. The minimum atomic E-state index is -0.871. The van der Waals surface area contributed by atoms with Crippen molar-refractivity contribution >= 4 is 29.1 Å². The third-order valence-corrected chi connectivity index (χ3v) is 3.60. The van der Waals surface area contributed by atoms with E-state index in [1.807, 2.05) is 0 Å². The van der Waals surface area contributed by atoms with Crippen molar-refractivity contribution in [3.63, 3.8) is 0 Å². The van der Waals surface area contributed by atoms with E-state index in [4.69, 9.17) is 4.74 Å². The molecule has 3 N–H and O–H groups in total. The molecule has 3 amide bonds. The van der Waals surface area contributed by atoms with Crippen LogP contribution >= 0.6 is 0 Å². The lowest BCUT2D eigenvalue weighted by atomic mass is 10.1. The zero-order valence-corrected chi connectivity index (χ0v) is 14.9. The van der Waals surface area contributed by atoms with Crippen LogP contribution in [0, 0.1) is 5.82 Å². The van der Waals surface area contributed by atoms with E-state index < -0.39 is 23.7 Å². The van der Waals surface area contributed by atoms with Gasteiger partial charge in [-0.25, -0.2) is 4.39 Å². The van der Waals surface area contributed by atoms with Gasteiger partial charge in [0.25, 0.3) is 0 Å². The fraction of sp³-hybridized carbons (Fsp3) is 0.211.